The number of carbonyl (C=O) groups is 2. The molecule has 2 atom stereocenters. The lowest BCUT2D eigenvalue weighted by Crippen LogP contribution is -2.42. The van der Waals surface area contributed by atoms with Crippen molar-refractivity contribution in [3.05, 3.63) is 17.0 Å². The first-order valence-corrected chi connectivity index (χ1v) is 5.55. The van der Waals surface area contributed by atoms with Gasteiger partial charge in [-0.1, -0.05) is 5.16 Å². The number of nitrogens with zero attached hydrogens (tertiary/aromatic N) is 1. The first kappa shape index (κ1) is 12.6. The fourth-order valence-corrected chi connectivity index (χ4v) is 1.99. The molecule has 0 spiro atoms. The standard InChI is InChI=1S/C11H14N2O5/c1-5-9(6(2)18-13-5)10(14)12-8-4-17-3-7(8)11(15)16/h7-8H,3-4H2,1-2H3,(H,12,14)(H,15,16). The first-order valence-electron chi connectivity index (χ1n) is 5.55. The van der Waals surface area contributed by atoms with Crippen molar-refractivity contribution in [1.82, 2.24) is 10.5 Å². The molecule has 2 unspecified atom stereocenters. The molecule has 0 radical (unpaired) electrons. The number of carbonyl (C=O) groups excluding carboxylic acids is 1. The van der Waals surface area contributed by atoms with E-state index in [4.69, 9.17) is 14.4 Å². The van der Waals surface area contributed by atoms with Gasteiger partial charge in [0, 0.05) is 0 Å². The van der Waals surface area contributed by atoms with Crippen LogP contribution in [0.25, 0.3) is 0 Å². The summed E-state index contributed by atoms with van der Waals surface area (Å²) in [6.07, 6.45) is 0. The van der Waals surface area contributed by atoms with E-state index in [0.717, 1.165) is 0 Å². The van der Waals surface area contributed by atoms with Gasteiger partial charge in [-0.05, 0) is 13.8 Å². The lowest BCUT2D eigenvalue weighted by Gasteiger charge is -2.15. The first-order chi connectivity index (χ1) is 8.50. The molecule has 1 aliphatic heterocycles. The molecule has 1 aliphatic rings. The maximum atomic E-state index is 12.0. The third-order valence-electron chi connectivity index (χ3n) is 2.97. The number of aliphatic carboxylic acids is 1. The van der Waals surface area contributed by atoms with Crippen LogP contribution >= 0.6 is 0 Å². The molecule has 1 saturated heterocycles. The van der Waals surface area contributed by atoms with E-state index in [1.807, 2.05) is 0 Å². The molecule has 2 N–H and O–H groups in total. The summed E-state index contributed by atoms with van der Waals surface area (Å²) in [7, 11) is 0. The van der Waals surface area contributed by atoms with Crippen LogP contribution in [0, 0.1) is 19.8 Å². The van der Waals surface area contributed by atoms with Gasteiger partial charge < -0.3 is 19.7 Å². The van der Waals surface area contributed by atoms with Gasteiger partial charge in [0.2, 0.25) is 0 Å². The Morgan fingerprint density at radius 2 is 2.11 bits per heavy atom. The largest absolute Gasteiger partial charge is 0.481 e. The number of rotatable bonds is 3. The van der Waals surface area contributed by atoms with Gasteiger partial charge in [-0.3, -0.25) is 9.59 Å². The second kappa shape index (κ2) is 4.77. The number of hydrogen-bond donors (Lipinski definition) is 2. The van der Waals surface area contributed by atoms with E-state index in [0.29, 0.717) is 17.0 Å². The zero-order chi connectivity index (χ0) is 13.3. The summed E-state index contributed by atoms with van der Waals surface area (Å²) in [5, 5.41) is 15.3. The van der Waals surface area contributed by atoms with Crippen LogP contribution in [-0.2, 0) is 9.53 Å². The number of carboxylic acid groups (broad SMARTS) is 1. The molecule has 2 rings (SSSR count). The Morgan fingerprint density at radius 3 is 2.67 bits per heavy atom. The molecule has 7 heteroatoms. The van der Waals surface area contributed by atoms with Crippen molar-refractivity contribution in [2.24, 2.45) is 5.92 Å². The Kier molecular flexibility index (Phi) is 3.33. The van der Waals surface area contributed by atoms with E-state index in [-0.39, 0.29) is 19.1 Å². The molecule has 0 aromatic carbocycles. The van der Waals surface area contributed by atoms with Crippen LogP contribution in [0.2, 0.25) is 0 Å². The molecule has 7 nitrogen and oxygen atoms in total. The van der Waals surface area contributed by atoms with Crippen LogP contribution in [0.15, 0.2) is 4.52 Å². The second-order valence-electron chi connectivity index (χ2n) is 4.26. The lowest BCUT2D eigenvalue weighted by atomic mass is 10.0. The van der Waals surface area contributed by atoms with Gasteiger partial charge in [-0.15, -0.1) is 0 Å². The van der Waals surface area contributed by atoms with Crippen LogP contribution in [0.1, 0.15) is 21.8 Å². The Balaban J connectivity index is 2.10. The summed E-state index contributed by atoms with van der Waals surface area (Å²) in [6, 6.07) is -0.524. The smallest absolute Gasteiger partial charge is 0.311 e. The van der Waals surface area contributed by atoms with E-state index in [1.54, 1.807) is 13.8 Å². The summed E-state index contributed by atoms with van der Waals surface area (Å²) in [4.78, 5) is 23.0. The molecular weight excluding hydrogens is 240 g/mol. The van der Waals surface area contributed by atoms with Crippen LogP contribution in [0.4, 0.5) is 0 Å². The summed E-state index contributed by atoms with van der Waals surface area (Å²) < 4.78 is 9.97. The maximum Gasteiger partial charge on any atom is 0.311 e. The van der Waals surface area contributed by atoms with Crippen molar-refractivity contribution in [3.63, 3.8) is 0 Å². The normalized spacial score (nSPS) is 23.0. The van der Waals surface area contributed by atoms with Gasteiger partial charge in [-0.2, -0.15) is 0 Å². The van der Waals surface area contributed by atoms with E-state index in [9.17, 15) is 9.59 Å². The summed E-state index contributed by atoms with van der Waals surface area (Å²) in [5.74, 6) is -1.66. The highest BCUT2D eigenvalue weighted by Crippen LogP contribution is 2.17. The number of nitrogens with one attached hydrogen (secondary N) is 1. The summed E-state index contributed by atoms with van der Waals surface area (Å²) >= 11 is 0. The lowest BCUT2D eigenvalue weighted by molar-refractivity contribution is -0.142. The highest BCUT2D eigenvalue weighted by molar-refractivity contribution is 5.96. The molecule has 1 fully saturated rings. The summed E-state index contributed by atoms with van der Waals surface area (Å²) in [6.45, 7) is 3.61. The van der Waals surface area contributed by atoms with E-state index in [2.05, 4.69) is 10.5 Å². The van der Waals surface area contributed by atoms with Crippen LogP contribution < -0.4 is 5.32 Å². The third kappa shape index (κ3) is 2.21. The van der Waals surface area contributed by atoms with Gasteiger partial charge in [0.1, 0.15) is 17.2 Å². The molecule has 0 bridgehead atoms. The van der Waals surface area contributed by atoms with Gasteiger partial charge in [0.15, 0.2) is 0 Å². The molecule has 1 aromatic heterocycles. The SMILES string of the molecule is Cc1noc(C)c1C(=O)NC1COCC1C(=O)O. The quantitative estimate of drug-likeness (QED) is 0.794. The molecule has 0 aliphatic carbocycles. The molecule has 98 valence electrons. The molecule has 1 aromatic rings. The Morgan fingerprint density at radius 1 is 1.39 bits per heavy atom. The van der Waals surface area contributed by atoms with Gasteiger partial charge >= 0.3 is 5.97 Å². The Labute approximate surface area is 103 Å². The van der Waals surface area contributed by atoms with Gasteiger partial charge in [0.25, 0.3) is 5.91 Å². The van der Waals surface area contributed by atoms with Crippen LogP contribution in [0.5, 0.6) is 0 Å². The highest BCUT2D eigenvalue weighted by Gasteiger charge is 2.35. The Hall–Kier alpha value is -1.89. The average molecular weight is 254 g/mol. The summed E-state index contributed by atoms with van der Waals surface area (Å²) in [5.41, 5.74) is 0.835. The van der Waals surface area contributed by atoms with Gasteiger partial charge in [-0.25, -0.2) is 0 Å². The zero-order valence-corrected chi connectivity index (χ0v) is 10.1. The molecule has 1 amide bonds. The second-order valence-corrected chi connectivity index (χ2v) is 4.26. The van der Waals surface area contributed by atoms with Crippen molar-refractivity contribution < 1.29 is 24.0 Å². The molecule has 2 heterocycles. The third-order valence-corrected chi connectivity index (χ3v) is 2.97. The zero-order valence-electron chi connectivity index (χ0n) is 10.1. The van der Waals surface area contributed by atoms with E-state index >= 15 is 0 Å². The predicted molar refractivity (Wildman–Crippen MR) is 59.2 cm³/mol. The number of aromatic nitrogens is 1. The Bertz CT molecular complexity index is 462. The van der Waals surface area contributed by atoms with Crippen molar-refractivity contribution in [3.8, 4) is 0 Å². The fourth-order valence-electron chi connectivity index (χ4n) is 1.99. The van der Waals surface area contributed by atoms with Gasteiger partial charge in [0.05, 0.1) is 24.9 Å². The number of amides is 1. The van der Waals surface area contributed by atoms with E-state index < -0.39 is 17.9 Å². The number of carboxylic acids is 1. The predicted octanol–water partition coefficient (Wildman–Crippen LogP) is 0.121. The molecule has 0 saturated carbocycles. The van der Waals surface area contributed by atoms with Crippen molar-refractivity contribution in [1.29, 1.82) is 0 Å². The maximum absolute atomic E-state index is 12.0. The molecule has 18 heavy (non-hydrogen) atoms. The van der Waals surface area contributed by atoms with Crippen LogP contribution in [0.3, 0.4) is 0 Å². The van der Waals surface area contributed by atoms with Crippen LogP contribution in [-0.4, -0.2) is 41.4 Å². The number of ether oxygens (including phenoxy) is 1. The van der Waals surface area contributed by atoms with Crippen molar-refractivity contribution >= 4 is 11.9 Å². The number of aryl methyl sites for hydroxylation is 2. The topological polar surface area (TPSA) is 102 Å². The minimum atomic E-state index is -0.975. The number of hydrogen-bond acceptors (Lipinski definition) is 5. The van der Waals surface area contributed by atoms with E-state index in [1.165, 1.54) is 0 Å². The highest BCUT2D eigenvalue weighted by atomic mass is 16.5. The minimum absolute atomic E-state index is 0.113. The van der Waals surface area contributed by atoms with Crippen molar-refractivity contribution in [2.75, 3.05) is 13.2 Å². The average Bonchev–Trinajstić information content (AvgIpc) is 2.86. The molecular formula is C11H14N2O5. The van der Waals surface area contributed by atoms with Crippen molar-refractivity contribution in [2.45, 2.75) is 19.9 Å². The minimum Gasteiger partial charge on any atom is -0.481 e. The fraction of sp³-hybridized carbons (Fsp3) is 0.545. The monoisotopic (exact) mass is 254 g/mol.